The third-order valence-corrected chi connectivity index (χ3v) is 4.86. The first-order valence-corrected chi connectivity index (χ1v) is 8.81. The second kappa shape index (κ2) is 7.35. The van der Waals surface area contributed by atoms with Crippen molar-refractivity contribution in [3.05, 3.63) is 53.6 Å². The van der Waals surface area contributed by atoms with Crippen molar-refractivity contribution in [2.75, 3.05) is 17.1 Å². The summed E-state index contributed by atoms with van der Waals surface area (Å²) >= 11 is 0. The summed E-state index contributed by atoms with van der Waals surface area (Å²) in [6.45, 7) is 3.07. The van der Waals surface area contributed by atoms with E-state index >= 15 is 0 Å². The number of hydrogen-bond acceptors (Lipinski definition) is 5. The highest BCUT2D eigenvalue weighted by molar-refractivity contribution is 7.92. The molecule has 25 heavy (non-hydrogen) atoms. The van der Waals surface area contributed by atoms with Crippen molar-refractivity contribution in [1.29, 1.82) is 0 Å². The van der Waals surface area contributed by atoms with Crippen LogP contribution in [0.15, 0.2) is 47.4 Å². The standard InChI is InChI=1S/C17H18N2O5S/c1-11-15(18-12(2)20)5-4-6-16(11)19-25(22,23)14-9-7-13(8-10-14)17(21)24-3/h4-10,19H,1-3H3,(H,18,20). The molecule has 0 fully saturated rings. The van der Waals surface area contributed by atoms with Crippen molar-refractivity contribution in [2.45, 2.75) is 18.7 Å². The number of benzene rings is 2. The Hall–Kier alpha value is -2.87. The summed E-state index contributed by atoms with van der Waals surface area (Å²) in [5.41, 5.74) is 1.72. The van der Waals surface area contributed by atoms with Crippen LogP contribution in [0.25, 0.3) is 0 Å². The highest BCUT2D eigenvalue weighted by atomic mass is 32.2. The number of amides is 1. The fourth-order valence-electron chi connectivity index (χ4n) is 2.16. The molecule has 0 aliphatic heterocycles. The normalized spacial score (nSPS) is 10.8. The van der Waals surface area contributed by atoms with E-state index in [1.54, 1.807) is 25.1 Å². The van der Waals surface area contributed by atoms with Crippen LogP contribution in [0, 0.1) is 6.92 Å². The van der Waals surface area contributed by atoms with E-state index in [1.807, 2.05) is 0 Å². The van der Waals surface area contributed by atoms with E-state index in [0.717, 1.165) is 0 Å². The third-order valence-electron chi connectivity index (χ3n) is 3.47. The summed E-state index contributed by atoms with van der Waals surface area (Å²) in [4.78, 5) is 22.6. The first-order valence-electron chi connectivity index (χ1n) is 7.33. The van der Waals surface area contributed by atoms with Gasteiger partial charge in [-0.3, -0.25) is 9.52 Å². The monoisotopic (exact) mass is 362 g/mol. The van der Waals surface area contributed by atoms with Crippen LogP contribution in [0.5, 0.6) is 0 Å². The average Bonchev–Trinajstić information content (AvgIpc) is 2.57. The molecule has 2 N–H and O–H groups in total. The van der Waals surface area contributed by atoms with E-state index < -0.39 is 16.0 Å². The first kappa shape index (κ1) is 18.5. The zero-order chi connectivity index (χ0) is 18.6. The molecule has 132 valence electrons. The molecule has 0 aromatic heterocycles. The van der Waals surface area contributed by atoms with Gasteiger partial charge in [-0.25, -0.2) is 13.2 Å². The number of carbonyl (C=O) groups is 2. The van der Waals surface area contributed by atoms with Gasteiger partial charge >= 0.3 is 5.97 Å². The second-order valence-corrected chi connectivity index (χ2v) is 6.96. The van der Waals surface area contributed by atoms with Crippen LogP contribution in [-0.4, -0.2) is 27.4 Å². The Morgan fingerprint density at radius 3 is 2.16 bits per heavy atom. The Morgan fingerprint density at radius 1 is 1.00 bits per heavy atom. The Labute approximate surface area is 146 Å². The lowest BCUT2D eigenvalue weighted by atomic mass is 10.1. The zero-order valence-electron chi connectivity index (χ0n) is 14.0. The number of methoxy groups -OCH3 is 1. The molecule has 0 radical (unpaired) electrons. The summed E-state index contributed by atoms with van der Waals surface area (Å²) in [5, 5.41) is 2.64. The van der Waals surface area contributed by atoms with Gasteiger partial charge in [-0.2, -0.15) is 0 Å². The van der Waals surface area contributed by atoms with Gasteiger partial charge in [0.25, 0.3) is 10.0 Å². The maximum atomic E-state index is 12.5. The molecule has 2 rings (SSSR count). The summed E-state index contributed by atoms with van der Waals surface area (Å²) in [5.74, 6) is -0.794. The Morgan fingerprint density at radius 2 is 1.60 bits per heavy atom. The molecule has 0 atom stereocenters. The molecule has 0 saturated heterocycles. The van der Waals surface area contributed by atoms with Gasteiger partial charge < -0.3 is 10.1 Å². The van der Waals surface area contributed by atoms with E-state index in [1.165, 1.54) is 38.3 Å². The van der Waals surface area contributed by atoms with Crippen LogP contribution in [0.2, 0.25) is 0 Å². The van der Waals surface area contributed by atoms with Gasteiger partial charge in [0.1, 0.15) is 0 Å². The molecule has 0 saturated carbocycles. The quantitative estimate of drug-likeness (QED) is 0.796. The van der Waals surface area contributed by atoms with Gasteiger partial charge in [-0.1, -0.05) is 6.07 Å². The lowest BCUT2D eigenvalue weighted by molar-refractivity contribution is -0.114. The molecule has 0 heterocycles. The van der Waals surface area contributed by atoms with Gasteiger partial charge in [0.05, 0.1) is 23.3 Å². The summed E-state index contributed by atoms with van der Waals surface area (Å²) in [6.07, 6.45) is 0. The van der Waals surface area contributed by atoms with Gasteiger partial charge in [0.2, 0.25) is 5.91 Å². The number of anilines is 2. The largest absolute Gasteiger partial charge is 0.465 e. The van der Waals surface area contributed by atoms with Crippen molar-refractivity contribution in [1.82, 2.24) is 0 Å². The predicted molar refractivity (Wildman–Crippen MR) is 94.1 cm³/mol. The topological polar surface area (TPSA) is 102 Å². The van der Waals surface area contributed by atoms with Crippen molar-refractivity contribution in [3.63, 3.8) is 0 Å². The van der Waals surface area contributed by atoms with Crippen LogP contribution in [0.1, 0.15) is 22.8 Å². The average molecular weight is 362 g/mol. The van der Waals surface area contributed by atoms with Crippen LogP contribution in [-0.2, 0) is 19.6 Å². The summed E-state index contributed by atoms with van der Waals surface area (Å²) < 4.78 is 32.1. The molecule has 8 heteroatoms. The molecule has 0 unspecified atom stereocenters. The minimum atomic E-state index is -3.85. The second-order valence-electron chi connectivity index (χ2n) is 5.28. The molecule has 0 aliphatic rings. The Kier molecular flexibility index (Phi) is 5.43. The van der Waals surface area contributed by atoms with E-state index in [2.05, 4.69) is 14.8 Å². The zero-order valence-corrected chi connectivity index (χ0v) is 14.8. The third kappa shape index (κ3) is 4.36. The van der Waals surface area contributed by atoms with Crippen LogP contribution >= 0.6 is 0 Å². The number of rotatable bonds is 5. The summed E-state index contributed by atoms with van der Waals surface area (Å²) in [7, 11) is -2.60. The van der Waals surface area contributed by atoms with E-state index in [0.29, 0.717) is 16.9 Å². The SMILES string of the molecule is COC(=O)c1ccc(S(=O)(=O)Nc2cccc(NC(C)=O)c2C)cc1. The van der Waals surface area contributed by atoms with Gasteiger partial charge in [0.15, 0.2) is 0 Å². The minimum Gasteiger partial charge on any atom is -0.465 e. The molecule has 2 aromatic carbocycles. The lowest BCUT2D eigenvalue weighted by Gasteiger charge is -2.14. The maximum absolute atomic E-state index is 12.5. The number of hydrogen-bond donors (Lipinski definition) is 2. The van der Waals surface area contributed by atoms with E-state index in [-0.39, 0.29) is 16.4 Å². The van der Waals surface area contributed by atoms with Crippen LogP contribution in [0.4, 0.5) is 11.4 Å². The molecular weight excluding hydrogens is 344 g/mol. The van der Waals surface area contributed by atoms with Crippen molar-refractivity contribution in [3.8, 4) is 0 Å². The van der Waals surface area contributed by atoms with Gasteiger partial charge in [-0.05, 0) is 48.9 Å². The highest BCUT2D eigenvalue weighted by Crippen LogP contribution is 2.26. The predicted octanol–water partition coefficient (Wildman–Crippen LogP) is 2.54. The number of sulfonamides is 1. The van der Waals surface area contributed by atoms with Gasteiger partial charge in [0, 0.05) is 12.6 Å². The molecule has 7 nitrogen and oxygen atoms in total. The minimum absolute atomic E-state index is 0.00415. The number of nitrogens with one attached hydrogen (secondary N) is 2. The Balaban J connectivity index is 2.30. The number of ether oxygens (including phenoxy) is 1. The molecule has 0 spiro atoms. The molecular formula is C17H18N2O5S. The first-order chi connectivity index (χ1) is 11.7. The van der Waals surface area contributed by atoms with Crippen molar-refractivity contribution in [2.24, 2.45) is 0 Å². The van der Waals surface area contributed by atoms with Crippen molar-refractivity contribution < 1.29 is 22.7 Å². The van der Waals surface area contributed by atoms with Crippen LogP contribution < -0.4 is 10.0 Å². The van der Waals surface area contributed by atoms with E-state index in [4.69, 9.17) is 0 Å². The summed E-state index contributed by atoms with van der Waals surface area (Å²) in [6, 6.07) is 10.3. The van der Waals surface area contributed by atoms with Crippen molar-refractivity contribution >= 4 is 33.3 Å². The smallest absolute Gasteiger partial charge is 0.337 e. The lowest BCUT2D eigenvalue weighted by Crippen LogP contribution is -2.15. The molecule has 0 aliphatic carbocycles. The molecule has 2 aromatic rings. The van der Waals surface area contributed by atoms with Crippen LogP contribution in [0.3, 0.4) is 0 Å². The van der Waals surface area contributed by atoms with Gasteiger partial charge in [-0.15, -0.1) is 0 Å². The fourth-order valence-corrected chi connectivity index (χ4v) is 3.29. The number of carbonyl (C=O) groups excluding carboxylic acids is 2. The Bertz CT molecular complexity index is 905. The highest BCUT2D eigenvalue weighted by Gasteiger charge is 2.17. The number of esters is 1. The van der Waals surface area contributed by atoms with E-state index in [9.17, 15) is 18.0 Å². The molecule has 0 bridgehead atoms. The fraction of sp³-hybridized carbons (Fsp3) is 0.176. The molecule has 1 amide bonds. The maximum Gasteiger partial charge on any atom is 0.337 e.